The summed E-state index contributed by atoms with van der Waals surface area (Å²) in [5.74, 6) is 6.79. The van der Waals surface area contributed by atoms with E-state index < -0.39 is 0 Å². The maximum atomic E-state index is 9.66. The Morgan fingerprint density at radius 3 is 2.42 bits per heavy atom. The minimum Gasteiger partial charge on any atom is -0.487 e. The van der Waals surface area contributed by atoms with Crippen molar-refractivity contribution in [2.75, 3.05) is 38.8 Å². The highest BCUT2D eigenvalue weighted by Gasteiger charge is 2.42. The van der Waals surface area contributed by atoms with Gasteiger partial charge in [0.1, 0.15) is 23.6 Å². The minimum absolute atomic E-state index is 0.0749. The molecule has 0 spiro atoms. The molecule has 2 aromatic heterocycles. The molecule has 15 nitrogen and oxygen atoms in total. The molecule has 1 aliphatic carbocycles. The summed E-state index contributed by atoms with van der Waals surface area (Å²) in [6, 6.07) is 9.58. The van der Waals surface area contributed by atoms with Crippen molar-refractivity contribution >= 4 is 18.0 Å². The van der Waals surface area contributed by atoms with Gasteiger partial charge >= 0.3 is 0 Å². The maximum Gasteiger partial charge on any atom is 0.256 e. The van der Waals surface area contributed by atoms with Crippen LogP contribution in [-0.4, -0.2) is 99.8 Å². The van der Waals surface area contributed by atoms with Gasteiger partial charge in [-0.25, -0.2) is 9.97 Å². The molecule has 3 aromatic rings. The largest absolute Gasteiger partial charge is 0.487 e. The van der Waals surface area contributed by atoms with Gasteiger partial charge < -0.3 is 24.3 Å². The van der Waals surface area contributed by atoms with Gasteiger partial charge in [0.05, 0.1) is 56.6 Å². The second-order valence-corrected chi connectivity index (χ2v) is 13.4. The van der Waals surface area contributed by atoms with E-state index in [0.717, 1.165) is 62.8 Å². The number of rotatable bonds is 16. The molecule has 1 aromatic carbocycles. The monoisotopic (exact) mass is 687 g/mol. The van der Waals surface area contributed by atoms with Gasteiger partial charge in [-0.15, -0.1) is 5.10 Å². The highest BCUT2D eigenvalue weighted by molar-refractivity contribution is 5.67. The second-order valence-electron chi connectivity index (χ2n) is 13.4. The number of nitrogens with two attached hydrogens (primary N) is 1. The van der Waals surface area contributed by atoms with Crippen LogP contribution in [-0.2, 0) is 9.47 Å². The SMILES string of the molecule is COC(C)CCOc1nn([C@H]2CC[C@H](N3[C@@H]4CC[C@H]3COC4)CC2)cc1Nc1ncc(-c2ccc(C#N)c(O[C@@H](C)CN(C=N)NN)c2)cn1. The first kappa shape index (κ1) is 35.5. The quantitative estimate of drug-likeness (QED) is 0.0729. The van der Waals surface area contributed by atoms with E-state index in [1.165, 1.54) is 17.9 Å². The second kappa shape index (κ2) is 16.6. The average molecular weight is 688 g/mol. The number of benzene rings is 1. The Bertz CT molecular complexity index is 1590. The lowest BCUT2D eigenvalue weighted by atomic mass is 9.89. The van der Waals surface area contributed by atoms with Gasteiger partial charge in [0.15, 0.2) is 0 Å². The molecule has 2 saturated heterocycles. The number of methoxy groups -OCH3 is 1. The predicted octanol–water partition coefficient (Wildman–Crippen LogP) is 4.16. The Labute approximate surface area is 293 Å². The number of hydrazine groups is 2. The standard InChI is InChI=1S/C35H49N11O4/c1-23(47-3)12-13-49-34-32(19-45(42-34)28-6-8-29(9-7-28)46-30-10-11-31(46)21-48-20-30)41-35-39-16-27(17-40-35)25-4-5-26(15-36)33(14-25)50-24(2)18-44(22-37)43-38/h4-5,14,16-17,19,22-24,28-31,37,43H,6-13,18,20-21,38H2,1-3H3,(H,39,40,41)/t23?,24-,28-,29-,30-,31+/m0/s1. The first-order valence-corrected chi connectivity index (χ1v) is 17.5. The summed E-state index contributed by atoms with van der Waals surface area (Å²) in [5, 5.41) is 26.7. The zero-order chi connectivity index (χ0) is 35.0. The van der Waals surface area contributed by atoms with E-state index in [1.807, 2.05) is 26.1 Å². The van der Waals surface area contributed by atoms with Gasteiger partial charge in [-0.1, -0.05) is 6.07 Å². The summed E-state index contributed by atoms with van der Waals surface area (Å²) < 4.78 is 25.5. The van der Waals surface area contributed by atoms with E-state index in [9.17, 15) is 5.26 Å². The van der Waals surface area contributed by atoms with Crippen LogP contribution >= 0.6 is 0 Å². The fourth-order valence-corrected chi connectivity index (χ4v) is 7.30. The minimum atomic E-state index is -0.359. The molecule has 3 fully saturated rings. The van der Waals surface area contributed by atoms with Crippen LogP contribution in [0.25, 0.3) is 11.1 Å². The highest BCUT2D eigenvalue weighted by atomic mass is 16.5. The lowest BCUT2D eigenvalue weighted by Crippen LogP contribution is -2.52. The van der Waals surface area contributed by atoms with Gasteiger partial charge in [-0.05, 0) is 70.1 Å². The van der Waals surface area contributed by atoms with Crippen LogP contribution in [0, 0.1) is 16.7 Å². The molecule has 50 heavy (non-hydrogen) atoms. The van der Waals surface area contributed by atoms with Crippen molar-refractivity contribution in [3.63, 3.8) is 0 Å². The molecule has 268 valence electrons. The van der Waals surface area contributed by atoms with Crippen LogP contribution in [0.1, 0.15) is 70.4 Å². The first-order chi connectivity index (χ1) is 24.4. The van der Waals surface area contributed by atoms with E-state index in [4.69, 9.17) is 35.3 Å². The van der Waals surface area contributed by atoms with Gasteiger partial charge in [-0.2, -0.15) is 10.8 Å². The Kier molecular flexibility index (Phi) is 11.8. The molecule has 1 unspecified atom stereocenters. The number of anilines is 2. The van der Waals surface area contributed by atoms with Crippen LogP contribution < -0.4 is 26.2 Å². The molecule has 4 atom stereocenters. The van der Waals surface area contributed by atoms with Crippen molar-refractivity contribution in [2.24, 2.45) is 5.84 Å². The zero-order valence-corrected chi connectivity index (χ0v) is 29.1. The van der Waals surface area contributed by atoms with Crippen molar-refractivity contribution in [3.8, 4) is 28.8 Å². The summed E-state index contributed by atoms with van der Waals surface area (Å²) in [6.45, 7) is 6.38. The van der Waals surface area contributed by atoms with Crippen LogP contribution in [0.2, 0.25) is 0 Å². The van der Waals surface area contributed by atoms with Crippen LogP contribution in [0.4, 0.5) is 11.6 Å². The molecular formula is C35H49N11O4. The molecule has 3 aliphatic rings. The topological polar surface area (TPSA) is 185 Å². The smallest absolute Gasteiger partial charge is 0.256 e. The van der Waals surface area contributed by atoms with Crippen molar-refractivity contribution in [1.82, 2.24) is 35.2 Å². The fourth-order valence-electron chi connectivity index (χ4n) is 7.30. The number of nitrogens with one attached hydrogen (secondary N) is 3. The van der Waals surface area contributed by atoms with Crippen LogP contribution in [0.3, 0.4) is 0 Å². The molecule has 15 heteroatoms. The summed E-state index contributed by atoms with van der Waals surface area (Å²) >= 11 is 0. The lowest BCUT2D eigenvalue weighted by Gasteiger charge is -2.43. The predicted molar refractivity (Wildman–Crippen MR) is 188 cm³/mol. The number of morpholine rings is 1. The van der Waals surface area contributed by atoms with Crippen molar-refractivity contribution in [3.05, 3.63) is 42.4 Å². The number of ether oxygens (including phenoxy) is 4. The normalized spacial score (nSPS) is 23.1. The number of hydrogen-bond donors (Lipinski definition) is 4. The molecule has 2 bridgehead atoms. The third-order valence-corrected chi connectivity index (χ3v) is 10.1. The third-order valence-electron chi connectivity index (χ3n) is 10.1. The van der Waals surface area contributed by atoms with E-state index in [1.54, 1.807) is 31.6 Å². The molecule has 2 aliphatic heterocycles. The van der Waals surface area contributed by atoms with Crippen molar-refractivity contribution < 1.29 is 18.9 Å². The maximum absolute atomic E-state index is 9.66. The number of hydrogen-bond acceptors (Lipinski definition) is 13. The Balaban J connectivity index is 1.14. The number of nitrogens with zero attached hydrogens (tertiary/aromatic N) is 7. The molecule has 4 heterocycles. The lowest BCUT2D eigenvalue weighted by molar-refractivity contribution is -0.0458. The summed E-state index contributed by atoms with van der Waals surface area (Å²) in [7, 11) is 1.70. The highest BCUT2D eigenvalue weighted by Crippen LogP contribution is 2.39. The van der Waals surface area contributed by atoms with Crippen LogP contribution in [0.5, 0.6) is 11.6 Å². The van der Waals surface area contributed by atoms with E-state index in [2.05, 4.69) is 36.5 Å². The van der Waals surface area contributed by atoms with Gasteiger partial charge in [0, 0.05) is 49.6 Å². The van der Waals surface area contributed by atoms with Gasteiger partial charge in [-0.3, -0.25) is 25.8 Å². The fraction of sp³-hybridized carbons (Fsp3) is 0.571. The van der Waals surface area contributed by atoms with E-state index >= 15 is 0 Å². The van der Waals surface area contributed by atoms with E-state index in [-0.39, 0.29) is 12.2 Å². The molecule has 0 radical (unpaired) electrons. The third kappa shape index (κ3) is 8.34. The summed E-state index contributed by atoms with van der Waals surface area (Å²) in [5.41, 5.74) is 5.07. The number of fused-ring (bicyclic) bond motifs is 2. The van der Waals surface area contributed by atoms with Crippen molar-refractivity contribution in [1.29, 1.82) is 10.7 Å². The van der Waals surface area contributed by atoms with Crippen LogP contribution in [0.15, 0.2) is 36.8 Å². The summed E-state index contributed by atoms with van der Waals surface area (Å²) in [6.07, 6.45) is 13.9. The molecule has 6 rings (SSSR count). The van der Waals surface area contributed by atoms with E-state index in [0.29, 0.717) is 66.1 Å². The molecule has 0 amide bonds. The average Bonchev–Trinajstić information content (AvgIpc) is 3.66. The zero-order valence-electron chi connectivity index (χ0n) is 29.1. The summed E-state index contributed by atoms with van der Waals surface area (Å²) in [4.78, 5) is 12.0. The molecular weight excluding hydrogens is 638 g/mol. The first-order valence-electron chi connectivity index (χ1n) is 17.5. The van der Waals surface area contributed by atoms with Gasteiger partial charge in [0.25, 0.3) is 5.88 Å². The Morgan fingerprint density at radius 2 is 1.76 bits per heavy atom. The number of nitriles is 1. The Morgan fingerprint density at radius 1 is 1.06 bits per heavy atom. The van der Waals surface area contributed by atoms with Gasteiger partial charge in [0.2, 0.25) is 5.95 Å². The molecule has 1 saturated carbocycles. The van der Waals surface area contributed by atoms with Crippen molar-refractivity contribution in [2.45, 2.75) is 95.2 Å². The molecule has 5 N–H and O–H groups in total. The Hall–Kier alpha value is -4.33. The number of aromatic nitrogens is 4.